The molecule has 16 heavy (non-hydrogen) atoms. The SMILES string of the molecule is CCCNCc1coc(-c2cnc(C)s2)n1. The Labute approximate surface area is 98.7 Å². The van der Waals surface area contributed by atoms with Crippen LogP contribution in [0, 0.1) is 6.92 Å². The number of rotatable bonds is 5. The highest BCUT2D eigenvalue weighted by Crippen LogP contribution is 2.24. The zero-order valence-corrected chi connectivity index (χ0v) is 10.3. The third-order valence-electron chi connectivity index (χ3n) is 2.12. The number of oxazole rings is 1. The molecule has 0 aliphatic heterocycles. The summed E-state index contributed by atoms with van der Waals surface area (Å²) in [6.07, 6.45) is 4.63. The molecule has 86 valence electrons. The van der Waals surface area contributed by atoms with E-state index in [-0.39, 0.29) is 0 Å². The number of aromatic nitrogens is 2. The van der Waals surface area contributed by atoms with E-state index in [0.29, 0.717) is 5.89 Å². The van der Waals surface area contributed by atoms with Gasteiger partial charge in [0, 0.05) is 6.54 Å². The van der Waals surface area contributed by atoms with Gasteiger partial charge in [0.25, 0.3) is 0 Å². The van der Waals surface area contributed by atoms with Gasteiger partial charge in [0.2, 0.25) is 5.89 Å². The van der Waals surface area contributed by atoms with E-state index in [2.05, 4.69) is 22.2 Å². The van der Waals surface area contributed by atoms with E-state index >= 15 is 0 Å². The highest BCUT2D eigenvalue weighted by Gasteiger charge is 2.08. The maximum atomic E-state index is 5.41. The van der Waals surface area contributed by atoms with E-state index in [0.717, 1.165) is 35.1 Å². The summed E-state index contributed by atoms with van der Waals surface area (Å²) in [5.41, 5.74) is 0.939. The third-order valence-corrected chi connectivity index (χ3v) is 3.02. The monoisotopic (exact) mass is 237 g/mol. The van der Waals surface area contributed by atoms with Gasteiger partial charge in [-0.1, -0.05) is 6.92 Å². The minimum absolute atomic E-state index is 0.666. The van der Waals surface area contributed by atoms with Crippen molar-refractivity contribution in [3.05, 3.63) is 23.2 Å². The molecule has 0 saturated carbocycles. The fraction of sp³-hybridized carbons (Fsp3) is 0.455. The molecule has 0 fully saturated rings. The first-order valence-electron chi connectivity index (χ1n) is 5.37. The van der Waals surface area contributed by atoms with Crippen molar-refractivity contribution in [1.82, 2.24) is 15.3 Å². The molecule has 5 heteroatoms. The quantitative estimate of drug-likeness (QED) is 0.812. The highest BCUT2D eigenvalue weighted by molar-refractivity contribution is 7.14. The average molecular weight is 237 g/mol. The first-order valence-corrected chi connectivity index (χ1v) is 6.19. The lowest BCUT2D eigenvalue weighted by Crippen LogP contribution is -2.13. The molecule has 0 aromatic carbocycles. The van der Waals surface area contributed by atoms with Crippen LogP contribution in [0.1, 0.15) is 24.0 Å². The molecule has 0 saturated heterocycles. The van der Waals surface area contributed by atoms with Gasteiger partial charge in [0.05, 0.1) is 16.9 Å². The van der Waals surface area contributed by atoms with Crippen LogP contribution in [0.15, 0.2) is 16.9 Å². The van der Waals surface area contributed by atoms with Crippen LogP contribution in [0.2, 0.25) is 0 Å². The standard InChI is InChI=1S/C11H15N3OS/c1-3-4-12-5-9-7-15-11(14-9)10-6-13-8(2)16-10/h6-7,12H,3-5H2,1-2H3. The molecule has 0 unspecified atom stereocenters. The van der Waals surface area contributed by atoms with Gasteiger partial charge in [-0.05, 0) is 19.9 Å². The van der Waals surface area contributed by atoms with Gasteiger partial charge in [0.1, 0.15) is 11.1 Å². The van der Waals surface area contributed by atoms with Gasteiger partial charge in [-0.2, -0.15) is 0 Å². The van der Waals surface area contributed by atoms with Crippen molar-refractivity contribution in [3.8, 4) is 10.8 Å². The Hall–Kier alpha value is -1.20. The Morgan fingerprint density at radius 2 is 2.38 bits per heavy atom. The van der Waals surface area contributed by atoms with Crippen LogP contribution >= 0.6 is 11.3 Å². The number of nitrogens with one attached hydrogen (secondary N) is 1. The maximum absolute atomic E-state index is 5.41. The summed E-state index contributed by atoms with van der Waals surface area (Å²) < 4.78 is 5.41. The molecule has 2 rings (SSSR count). The molecule has 2 heterocycles. The van der Waals surface area contributed by atoms with Crippen LogP contribution < -0.4 is 5.32 Å². The molecule has 2 aromatic rings. The predicted molar refractivity (Wildman–Crippen MR) is 64.3 cm³/mol. The zero-order valence-electron chi connectivity index (χ0n) is 9.49. The predicted octanol–water partition coefficient (Wildman–Crippen LogP) is 2.61. The Morgan fingerprint density at radius 1 is 1.50 bits per heavy atom. The number of hydrogen-bond donors (Lipinski definition) is 1. The van der Waals surface area contributed by atoms with E-state index in [1.165, 1.54) is 0 Å². The van der Waals surface area contributed by atoms with Gasteiger partial charge in [-0.15, -0.1) is 11.3 Å². The first-order chi connectivity index (χ1) is 7.79. The van der Waals surface area contributed by atoms with Crippen LogP contribution in [0.25, 0.3) is 10.8 Å². The minimum atomic E-state index is 0.666. The van der Waals surface area contributed by atoms with Crippen LogP contribution in [-0.4, -0.2) is 16.5 Å². The second-order valence-corrected chi connectivity index (χ2v) is 4.80. The smallest absolute Gasteiger partial charge is 0.238 e. The van der Waals surface area contributed by atoms with Crippen LogP contribution in [0.4, 0.5) is 0 Å². The molecular weight excluding hydrogens is 222 g/mol. The van der Waals surface area contributed by atoms with Crippen molar-refractivity contribution in [1.29, 1.82) is 0 Å². The molecule has 0 aliphatic rings. The van der Waals surface area contributed by atoms with Crippen LogP contribution in [0.3, 0.4) is 0 Å². The van der Waals surface area contributed by atoms with E-state index in [9.17, 15) is 0 Å². The molecule has 1 N–H and O–H groups in total. The van der Waals surface area contributed by atoms with E-state index < -0.39 is 0 Å². The molecular formula is C11H15N3OS. The first kappa shape index (κ1) is 11.3. The highest BCUT2D eigenvalue weighted by atomic mass is 32.1. The van der Waals surface area contributed by atoms with Gasteiger partial charge in [-0.25, -0.2) is 9.97 Å². The average Bonchev–Trinajstić information content (AvgIpc) is 2.87. The summed E-state index contributed by atoms with van der Waals surface area (Å²) in [5.74, 6) is 0.666. The summed E-state index contributed by atoms with van der Waals surface area (Å²) in [6, 6.07) is 0. The van der Waals surface area contributed by atoms with E-state index in [1.54, 1.807) is 23.8 Å². The van der Waals surface area contributed by atoms with Crippen molar-refractivity contribution < 1.29 is 4.42 Å². The fourth-order valence-electron chi connectivity index (χ4n) is 1.35. The summed E-state index contributed by atoms with van der Waals surface area (Å²) in [4.78, 5) is 9.57. The van der Waals surface area contributed by atoms with Gasteiger partial charge >= 0.3 is 0 Å². The van der Waals surface area contributed by atoms with E-state index in [1.807, 2.05) is 6.92 Å². The molecule has 0 bridgehead atoms. The van der Waals surface area contributed by atoms with Gasteiger partial charge < -0.3 is 9.73 Å². The summed E-state index contributed by atoms with van der Waals surface area (Å²) in [6.45, 7) is 5.87. The minimum Gasteiger partial charge on any atom is -0.443 e. The maximum Gasteiger partial charge on any atom is 0.238 e. The van der Waals surface area contributed by atoms with Crippen LogP contribution in [-0.2, 0) is 6.54 Å². The normalized spacial score (nSPS) is 10.9. The molecule has 0 atom stereocenters. The Balaban J connectivity index is 2.02. The topological polar surface area (TPSA) is 51.0 Å². The molecule has 0 amide bonds. The summed E-state index contributed by atoms with van der Waals surface area (Å²) in [5, 5.41) is 4.31. The lowest BCUT2D eigenvalue weighted by Gasteiger charge is -1.96. The van der Waals surface area contributed by atoms with Crippen molar-refractivity contribution in [2.75, 3.05) is 6.54 Å². The zero-order chi connectivity index (χ0) is 11.4. The second-order valence-electron chi connectivity index (χ2n) is 3.56. The molecule has 0 spiro atoms. The third kappa shape index (κ3) is 2.68. The molecule has 0 radical (unpaired) electrons. The molecule has 0 aliphatic carbocycles. The van der Waals surface area contributed by atoms with Gasteiger partial charge in [0.15, 0.2) is 0 Å². The molecule has 4 nitrogen and oxygen atoms in total. The lowest BCUT2D eigenvalue weighted by molar-refractivity contribution is 0.571. The summed E-state index contributed by atoms with van der Waals surface area (Å²) >= 11 is 1.59. The van der Waals surface area contributed by atoms with Crippen molar-refractivity contribution in [3.63, 3.8) is 0 Å². The largest absolute Gasteiger partial charge is 0.443 e. The Kier molecular flexibility index (Phi) is 3.69. The van der Waals surface area contributed by atoms with Crippen molar-refractivity contribution in [2.24, 2.45) is 0 Å². The number of aryl methyl sites for hydroxylation is 1. The van der Waals surface area contributed by atoms with Crippen LogP contribution in [0.5, 0.6) is 0 Å². The number of hydrogen-bond acceptors (Lipinski definition) is 5. The van der Waals surface area contributed by atoms with Crippen molar-refractivity contribution >= 4 is 11.3 Å². The van der Waals surface area contributed by atoms with Gasteiger partial charge in [-0.3, -0.25) is 0 Å². The number of nitrogens with zero attached hydrogens (tertiary/aromatic N) is 2. The fourth-order valence-corrected chi connectivity index (χ4v) is 2.06. The lowest BCUT2D eigenvalue weighted by atomic mass is 10.4. The second kappa shape index (κ2) is 5.23. The summed E-state index contributed by atoms with van der Waals surface area (Å²) in [7, 11) is 0. The van der Waals surface area contributed by atoms with E-state index in [4.69, 9.17) is 4.42 Å². The number of thiazole rings is 1. The Morgan fingerprint density at radius 3 is 3.06 bits per heavy atom. The van der Waals surface area contributed by atoms with Crippen molar-refractivity contribution in [2.45, 2.75) is 26.8 Å². The Bertz CT molecular complexity index is 450. The molecule has 2 aromatic heterocycles.